The lowest BCUT2D eigenvalue weighted by molar-refractivity contribution is -0.130. The summed E-state index contributed by atoms with van der Waals surface area (Å²) >= 11 is 0. The van der Waals surface area contributed by atoms with Crippen molar-refractivity contribution >= 4 is 21.1 Å². The molecule has 0 saturated heterocycles. The first kappa shape index (κ1) is 16.1. The molecule has 0 saturated carbocycles. The van der Waals surface area contributed by atoms with Crippen LogP contribution in [-0.2, 0) is 4.79 Å². The Balaban J connectivity index is 3.93. The second-order valence-electron chi connectivity index (χ2n) is 4.15. The van der Waals surface area contributed by atoms with Crippen LogP contribution in [0.5, 0.6) is 0 Å². The minimum Gasteiger partial charge on any atom is -0.370 e. The number of nitrogens with two attached hydrogens (primary N) is 1. The maximum absolute atomic E-state index is 11.7. The van der Waals surface area contributed by atoms with E-state index in [1.54, 1.807) is 19.0 Å². The third-order valence-corrected chi connectivity index (χ3v) is 2.80. The van der Waals surface area contributed by atoms with Gasteiger partial charge in [0.1, 0.15) is 0 Å². The SMILES string of the molecule is CN(CCP)CCN(C)C(=O)CN(C)C(=N)N. The molecule has 1 unspecified atom stereocenters. The van der Waals surface area contributed by atoms with Crippen molar-refractivity contribution in [2.24, 2.45) is 5.73 Å². The number of amides is 1. The number of hydrogen-bond acceptors (Lipinski definition) is 3. The predicted octanol–water partition coefficient (Wildman–Crippen LogP) is -0.923. The first-order valence-electron chi connectivity index (χ1n) is 5.56. The second-order valence-corrected chi connectivity index (χ2v) is 4.73. The Labute approximate surface area is 106 Å². The number of carbonyl (C=O) groups excluding carboxylic acids is 1. The van der Waals surface area contributed by atoms with Gasteiger partial charge in [-0.05, 0) is 13.2 Å². The van der Waals surface area contributed by atoms with Crippen LogP contribution in [0.1, 0.15) is 0 Å². The fourth-order valence-corrected chi connectivity index (χ4v) is 1.63. The Bertz CT molecular complexity index is 261. The average Bonchev–Trinajstić information content (AvgIpc) is 2.25. The van der Waals surface area contributed by atoms with Crippen molar-refractivity contribution in [1.82, 2.24) is 14.7 Å². The number of nitrogens with one attached hydrogen (secondary N) is 1. The Morgan fingerprint density at radius 2 is 1.76 bits per heavy atom. The molecule has 0 heterocycles. The lowest BCUT2D eigenvalue weighted by Gasteiger charge is -2.24. The smallest absolute Gasteiger partial charge is 0.241 e. The molecule has 100 valence electrons. The zero-order chi connectivity index (χ0) is 13.4. The summed E-state index contributed by atoms with van der Waals surface area (Å²) in [6.45, 7) is 2.69. The van der Waals surface area contributed by atoms with Crippen molar-refractivity contribution in [3.05, 3.63) is 0 Å². The van der Waals surface area contributed by atoms with Gasteiger partial charge in [0.25, 0.3) is 0 Å². The molecule has 1 atom stereocenters. The molecule has 0 bridgehead atoms. The number of hydrogen-bond donors (Lipinski definition) is 2. The fraction of sp³-hybridized carbons (Fsp3) is 0.800. The molecule has 0 spiro atoms. The quantitative estimate of drug-likeness (QED) is 0.353. The summed E-state index contributed by atoms with van der Waals surface area (Å²) < 4.78 is 0. The van der Waals surface area contributed by atoms with Crippen molar-refractivity contribution in [3.63, 3.8) is 0 Å². The van der Waals surface area contributed by atoms with E-state index in [1.165, 1.54) is 4.90 Å². The van der Waals surface area contributed by atoms with Gasteiger partial charge in [-0.15, -0.1) is 9.24 Å². The van der Waals surface area contributed by atoms with Crippen LogP contribution in [0.2, 0.25) is 0 Å². The first-order chi connectivity index (χ1) is 7.88. The van der Waals surface area contributed by atoms with E-state index in [2.05, 4.69) is 14.1 Å². The van der Waals surface area contributed by atoms with Gasteiger partial charge in [-0.1, -0.05) is 0 Å². The maximum atomic E-state index is 11.7. The largest absolute Gasteiger partial charge is 0.370 e. The molecule has 0 fully saturated rings. The highest BCUT2D eigenvalue weighted by Crippen LogP contribution is 1.92. The van der Waals surface area contributed by atoms with Crippen LogP contribution in [0.15, 0.2) is 0 Å². The zero-order valence-electron chi connectivity index (χ0n) is 10.9. The summed E-state index contributed by atoms with van der Waals surface area (Å²) in [7, 11) is 8.12. The number of likely N-dealkylation sites (N-methyl/N-ethyl adjacent to an activating group) is 3. The van der Waals surface area contributed by atoms with E-state index in [1.807, 2.05) is 7.05 Å². The number of carbonyl (C=O) groups is 1. The topological polar surface area (TPSA) is 76.7 Å². The van der Waals surface area contributed by atoms with Crippen LogP contribution in [-0.4, -0.2) is 80.1 Å². The number of nitrogens with zero attached hydrogens (tertiary/aromatic N) is 3. The van der Waals surface area contributed by atoms with E-state index in [4.69, 9.17) is 11.1 Å². The van der Waals surface area contributed by atoms with Gasteiger partial charge in [0.2, 0.25) is 5.91 Å². The van der Waals surface area contributed by atoms with Crippen LogP contribution >= 0.6 is 9.24 Å². The Kier molecular flexibility index (Phi) is 7.83. The van der Waals surface area contributed by atoms with E-state index >= 15 is 0 Å². The highest BCUT2D eigenvalue weighted by molar-refractivity contribution is 7.16. The molecule has 7 heteroatoms. The Hall–Kier alpha value is -0.870. The van der Waals surface area contributed by atoms with Crippen molar-refractivity contribution in [2.75, 3.05) is 53.5 Å². The van der Waals surface area contributed by atoms with Crippen LogP contribution in [0, 0.1) is 5.41 Å². The van der Waals surface area contributed by atoms with Gasteiger partial charge in [-0.3, -0.25) is 10.2 Å². The molecule has 0 aromatic heterocycles. The van der Waals surface area contributed by atoms with Gasteiger partial charge >= 0.3 is 0 Å². The van der Waals surface area contributed by atoms with E-state index in [0.717, 1.165) is 19.3 Å². The van der Waals surface area contributed by atoms with Gasteiger partial charge < -0.3 is 20.4 Å². The lowest BCUT2D eigenvalue weighted by Crippen LogP contribution is -2.43. The maximum Gasteiger partial charge on any atom is 0.241 e. The predicted molar refractivity (Wildman–Crippen MR) is 74.3 cm³/mol. The molecular weight excluding hydrogens is 237 g/mol. The first-order valence-corrected chi connectivity index (χ1v) is 6.37. The molecule has 0 aliphatic heterocycles. The van der Waals surface area contributed by atoms with E-state index < -0.39 is 0 Å². The minimum absolute atomic E-state index is 0.0260. The number of rotatable bonds is 7. The molecule has 3 N–H and O–H groups in total. The molecule has 1 amide bonds. The van der Waals surface area contributed by atoms with Crippen LogP contribution < -0.4 is 5.73 Å². The normalized spacial score (nSPS) is 10.4. The average molecular weight is 261 g/mol. The summed E-state index contributed by atoms with van der Waals surface area (Å²) in [6.07, 6.45) is 1.03. The summed E-state index contributed by atoms with van der Waals surface area (Å²) in [5.41, 5.74) is 5.27. The Morgan fingerprint density at radius 1 is 1.18 bits per heavy atom. The molecule has 0 rings (SSSR count). The highest BCUT2D eigenvalue weighted by atomic mass is 31.0. The summed E-state index contributed by atoms with van der Waals surface area (Å²) in [4.78, 5) is 17.0. The van der Waals surface area contributed by atoms with Crippen LogP contribution in [0.25, 0.3) is 0 Å². The van der Waals surface area contributed by atoms with Gasteiger partial charge in [0.15, 0.2) is 5.96 Å². The van der Waals surface area contributed by atoms with Crippen LogP contribution in [0.3, 0.4) is 0 Å². The molecule has 0 aliphatic rings. The monoisotopic (exact) mass is 261 g/mol. The molecule has 0 aliphatic carbocycles. The standard InChI is InChI=1S/C10H24N5OP/c1-13(6-7-17)4-5-14(2)9(16)8-15(3)10(11)12/h4-8,17H2,1-3H3,(H3,11,12). The van der Waals surface area contributed by atoms with E-state index in [9.17, 15) is 4.79 Å². The van der Waals surface area contributed by atoms with E-state index in [0.29, 0.717) is 6.54 Å². The third kappa shape index (κ3) is 7.13. The summed E-state index contributed by atoms with van der Waals surface area (Å²) in [5.74, 6) is -0.117. The summed E-state index contributed by atoms with van der Waals surface area (Å²) in [6, 6.07) is 0. The second kappa shape index (κ2) is 8.25. The van der Waals surface area contributed by atoms with E-state index in [-0.39, 0.29) is 18.4 Å². The highest BCUT2D eigenvalue weighted by Gasteiger charge is 2.12. The van der Waals surface area contributed by atoms with Gasteiger partial charge in [-0.25, -0.2) is 0 Å². The van der Waals surface area contributed by atoms with Gasteiger partial charge in [0, 0.05) is 33.7 Å². The fourth-order valence-electron chi connectivity index (χ4n) is 1.19. The molecule has 6 nitrogen and oxygen atoms in total. The van der Waals surface area contributed by atoms with Crippen LogP contribution in [0.4, 0.5) is 0 Å². The summed E-state index contributed by atoms with van der Waals surface area (Å²) in [5, 5.41) is 7.18. The van der Waals surface area contributed by atoms with Gasteiger partial charge in [0.05, 0.1) is 6.54 Å². The molecule has 17 heavy (non-hydrogen) atoms. The Morgan fingerprint density at radius 3 is 2.24 bits per heavy atom. The third-order valence-electron chi connectivity index (χ3n) is 2.54. The number of guanidine groups is 1. The van der Waals surface area contributed by atoms with Crippen molar-refractivity contribution in [1.29, 1.82) is 5.41 Å². The molecule has 0 aromatic rings. The van der Waals surface area contributed by atoms with Crippen molar-refractivity contribution in [3.8, 4) is 0 Å². The molecule has 0 aromatic carbocycles. The molecular formula is C10H24N5OP. The zero-order valence-corrected chi connectivity index (χ0v) is 12.1. The van der Waals surface area contributed by atoms with Crippen molar-refractivity contribution < 1.29 is 4.79 Å². The van der Waals surface area contributed by atoms with Crippen molar-refractivity contribution in [2.45, 2.75) is 0 Å². The van der Waals surface area contributed by atoms with Gasteiger partial charge in [-0.2, -0.15) is 0 Å². The minimum atomic E-state index is -0.0909. The molecule has 0 radical (unpaired) electrons. The lowest BCUT2D eigenvalue weighted by atomic mass is 10.4.